The Kier molecular flexibility index (Phi) is 2.43. The summed E-state index contributed by atoms with van der Waals surface area (Å²) in [5.41, 5.74) is 3.01. The zero-order valence-corrected chi connectivity index (χ0v) is 9.17. The van der Waals surface area contributed by atoms with Crippen LogP contribution in [0.5, 0.6) is 0 Å². The molecule has 82 valence electrons. The number of aromatic nitrogens is 2. The maximum atomic E-state index is 4.37. The van der Waals surface area contributed by atoms with Crippen LogP contribution in [0, 0.1) is 0 Å². The van der Waals surface area contributed by atoms with Gasteiger partial charge in [0.2, 0.25) is 5.95 Å². The molecule has 3 rings (SSSR count). The van der Waals surface area contributed by atoms with Gasteiger partial charge in [0.05, 0.1) is 11.0 Å². The van der Waals surface area contributed by atoms with E-state index in [-0.39, 0.29) is 0 Å². The molecule has 0 fully saturated rings. The summed E-state index contributed by atoms with van der Waals surface area (Å²) in [5.74, 6) is 0.634. The summed E-state index contributed by atoms with van der Waals surface area (Å²) < 4.78 is 0. The van der Waals surface area contributed by atoms with Crippen molar-refractivity contribution in [3.8, 4) is 0 Å². The lowest BCUT2D eigenvalue weighted by atomic mass is 10.2. The number of hydrogen-bond donors (Lipinski definition) is 1. The van der Waals surface area contributed by atoms with Crippen LogP contribution < -0.4 is 0 Å². The molecule has 0 aliphatic rings. The van der Waals surface area contributed by atoms with Crippen molar-refractivity contribution in [2.75, 3.05) is 0 Å². The second kappa shape index (κ2) is 4.22. The van der Waals surface area contributed by atoms with Gasteiger partial charge in [-0.2, -0.15) is 0 Å². The Morgan fingerprint density at radius 2 is 1.71 bits per heavy atom. The molecule has 0 unspecified atom stereocenters. The third kappa shape index (κ3) is 2.08. The molecule has 0 atom stereocenters. The van der Waals surface area contributed by atoms with Gasteiger partial charge in [0.25, 0.3) is 0 Å². The number of para-hydroxylation sites is 2. The molecule has 0 aliphatic carbocycles. The molecule has 1 N–H and O–H groups in total. The van der Waals surface area contributed by atoms with Crippen molar-refractivity contribution < 1.29 is 0 Å². The normalized spacial score (nSPS) is 11.3. The molecule has 2 aromatic carbocycles. The topological polar surface area (TPSA) is 41.0 Å². The summed E-state index contributed by atoms with van der Waals surface area (Å²) in [6.45, 7) is 0. The molecule has 0 saturated carbocycles. The number of imidazole rings is 1. The van der Waals surface area contributed by atoms with Gasteiger partial charge in [0.15, 0.2) is 0 Å². The third-order valence-corrected chi connectivity index (χ3v) is 2.51. The van der Waals surface area contributed by atoms with E-state index in [2.05, 4.69) is 15.0 Å². The second-order valence-corrected chi connectivity index (χ2v) is 3.75. The molecule has 1 aromatic heterocycles. The molecule has 0 saturated heterocycles. The molecule has 0 amide bonds. The lowest BCUT2D eigenvalue weighted by Crippen LogP contribution is -1.78. The van der Waals surface area contributed by atoms with Gasteiger partial charge in [0.1, 0.15) is 0 Å². The van der Waals surface area contributed by atoms with Crippen LogP contribution in [0.4, 0.5) is 5.95 Å². The van der Waals surface area contributed by atoms with E-state index in [4.69, 9.17) is 0 Å². The number of nitrogens with one attached hydrogen (secondary N) is 1. The lowest BCUT2D eigenvalue weighted by Gasteiger charge is -1.88. The first-order valence-electron chi connectivity index (χ1n) is 5.46. The van der Waals surface area contributed by atoms with Crippen molar-refractivity contribution in [2.45, 2.75) is 0 Å². The Morgan fingerprint density at radius 3 is 2.53 bits per heavy atom. The van der Waals surface area contributed by atoms with Crippen LogP contribution in [0.3, 0.4) is 0 Å². The SMILES string of the molecule is C(=Nc1nc2ccccc2[nH]1)c1ccccc1. The summed E-state index contributed by atoms with van der Waals surface area (Å²) in [4.78, 5) is 11.9. The fourth-order valence-corrected chi connectivity index (χ4v) is 1.68. The van der Waals surface area contributed by atoms with Crippen LogP contribution in [0.25, 0.3) is 11.0 Å². The third-order valence-electron chi connectivity index (χ3n) is 2.51. The van der Waals surface area contributed by atoms with Gasteiger partial charge in [-0.25, -0.2) is 9.98 Å². The minimum Gasteiger partial charge on any atom is -0.322 e. The highest BCUT2D eigenvalue weighted by Crippen LogP contribution is 2.15. The second-order valence-electron chi connectivity index (χ2n) is 3.75. The van der Waals surface area contributed by atoms with Gasteiger partial charge in [-0.15, -0.1) is 0 Å². The molecule has 0 spiro atoms. The molecule has 3 aromatic rings. The number of H-pyrrole nitrogens is 1. The van der Waals surface area contributed by atoms with Crippen molar-refractivity contribution >= 4 is 23.2 Å². The molecule has 0 bridgehead atoms. The van der Waals surface area contributed by atoms with E-state index in [1.54, 1.807) is 6.21 Å². The van der Waals surface area contributed by atoms with Crippen molar-refractivity contribution in [3.63, 3.8) is 0 Å². The molecule has 3 heteroatoms. The van der Waals surface area contributed by atoms with Crippen molar-refractivity contribution in [2.24, 2.45) is 4.99 Å². The Labute approximate surface area is 98.9 Å². The Balaban J connectivity index is 1.92. The van der Waals surface area contributed by atoms with Gasteiger partial charge in [-0.1, -0.05) is 42.5 Å². The largest absolute Gasteiger partial charge is 0.322 e. The van der Waals surface area contributed by atoms with Crippen LogP contribution in [0.2, 0.25) is 0 Å². The number of nitrogens with zero attached hydrogens (tertiary/aromatic N) is 2. The first kappa shape index (κ1) is 9.78. The van der Waals surface area contributed by atoms with E-state index >= 15 is 0 Å². The van der Waals surface area contributed by atoms with Gasteiger partial charge in [-0.3, -0.25) is 0 Å². The summed E-state index contributed by atoms with van der Waals surface area (Å²) in [6.07, 6.45) is 1.80. The maximum absolute atomic E-state index is 4.37. The molecule has 17 heavy (non-hydrogen) atoms. The summed E-state index contributed by atoms with van der Waals surface area (Å²) >= 11 is 0. The number of benzene rings is 2. The number of rotatable bonds is 2. The Hall–Kier alpha value is -2.42. The van der Waals surface area contributed by atoms with Crippen molar-refractivity contribution in [1.82, 2.24) is 9.97 Å². The van der Waals surface area contributed by atoms with E-state index in [1.807, 2.05) is 54.6 Å². The molecule has 0 aliphatic heterocycles. The van der Waals surface area contributed by atoms with E-state index < -0.39 is 0 Å². The first-order valence-corrected chi connectivity index (χ1v) is 5.46. The lowest BCUT2D eigenvalue weighted by molar-refractivity contribution is 1.27. The van der Waals surface area contributed by atoms with Crippen LogP contribution in [0.15, 0.2) is 59.6 Å². The standard InChI is InChI=1S/C14H11N3/c1-2-6-11(7-3-1)10-15-14-16-12-8-4-5-9-13(12)17-14/h1-10H,(H,16,17). The Morgan fingerprint density at radius 1 is 0.941 bits per heavy atom. The highest BCUT2D eigenvalue weighted by molar-refractivity contribution is 5.83. The van der Waals surface area contributed by atoms with Crippen molar-refractivity contribution in [3.05, 3.63) is 60.2 Å². The molecule has 3 nitrogen and oxygen atoms in total. The van der Waals surface area contributed by atoms with E-state index in [0.29, 0.717) is 5.95 Å². The summed E-state index contributed by atoms with van der Waals surface area (Å²) in [6, 6.07) is 17.9. The van der Waals surface area contributed by atoms with Gasteiger partial charge in [-0.05, 0) is 17.7 Å². The predicted octanol–water partition coefficient (Wildman–Crippen LogP) is 3.31. The van der Waals surface area contributed by atoms with Crippen LogP contribution >= 0.6 is 0 Å². The van der Waals surface area contributed by atoms with Gasteiger partial charge in [0, 0.05) is 6.21 Å². The van der Waals surface area contributed by atoms with Crippen LogP contribution in [0.1, 0.15) is 5.56 Å². The highest BCUT2D eigenvalue weighted by Gasteiger charge is 1.98. The first-order chi connectivity index (χ1) is 8.42. The fraction of sp³-hybridized carbons (Fsp3) is 0. The molecule has 1 heterocycles. The predicted molar refractivity (Wildman–Crippen MR) is 69.8 cm³/mol. The molecule has 0 radical (unpaired) electrons. The van der Waals surface area contributed by atoms with Crippen molar-refractivity contribution in [1.29, 1.82) is 0 Å². The molecular formula is C14H11N3. The fourth-order valence-electron chi connectivity index (χ4n) is 1.68. The smallest absolute Gasteiger partial charge is 0.227 e. The van der Waals surface area contributed by atoms with Gasteiger partial charge >= 0.3 is 0 Å². The van der Waals surface area contributed by atoms with E-state index in [1.165, 1.54) is 0 Å². The maximum Gasteiger partial charge on any atom is 0.227 e. The van der Waals surface area contributed by atoms with Crippen LogP contribution in [-0.2, 0) is 0 Å². The summed E-state index contributed by atoms with van der Waals surface area (Å²) in [5, 5.41) is 0. The number of fused-ring (bicyclic) bond motifs is 1. The van der Waals surface area contributed by atoms with Gasteiger partial charge < -0.3 is 4.98 Å². The number of aromatic amines is 1. The van der Waals surface area contributed by atoms with Crippen LogP contribution in [-0.4, -0.2) is 16.2 Å². The highest BCUT2D eigenvalue weighted by atomic mass is 15.1. The summed E-state index contributed by atoms with van der Waals surface area (Å²) in [7, 11) is 0. The zero-order valence-electron chi connectivity index (χ0n) is 9.17. The van der Waals surface area contributed by atoms with E-state index in [9.17, 15) is 0 Å². The minimum atomic E-state index is 0.634. The quantitative estimate of drug-likeness (QED) is 0.662. The van der Waals surface area contributed by atoms with E-state index in [0.717, 1.165) is 16.6 Å². The monoisotopic (exact) mass is 221 g/mol. The average Bonchev–Trinajstić information content (AvgIpc) is 2.80. The Bertz CT molecular complexity index is 620. The number of aliphatic imine (C=N–C) groups is 1. The zero-order chi connectivity index (χ0) is 11.5. The minimum absolute atomic E-state index is 0.634. The average molecular weight is 221 g/mol. The number of hydrogen-bond acceptors (Lipinski definition) is 2. The molecular weight excluding hydrogens is 210 g/mol.